The Morgan fingerprint density at radius 1 is 1.56 bits per heavy atom. The van der Waals surface area contributed by atoms with Crippen LogP contribution >= 0.6 is 0 Å². The summed E-state index contributed by atoms with van der Waals surface area (Å²) in [6.45, 7) is 0.738. The van der Waals surface area contributed by atoms with Crippen molar-refractivity contribution in [2.75, 3.05) is 27.2 Å². The van der Waals surface area contributed by atoms with Crippen molar-refractivity contribution >= 4 is 0 Å². The lowest BCUT2D eigenvalue weighted by molar-refractivity contribution is 0.133. The van der Waals surface area contributed by atoms with Crippen LogP contribution in [-0.2, 0) is 0 Å². The second kappa shape index (κ2) is 6.11. The summed E-state index contributed by atoms with van der Waals surface area (Å²) < 4.78 is 5.08. The van der Waals surface area contributed by atoms with Gasteiger partial charge in [0.2, 0.25) is 0 Å². The Morgan fingerprint density at radius 3 is 2.94 bits per heavy atom. The molecule has 16 heavy (non-hydrogen) atoms. The molecule has 0 fully saturated rings. The van der Waals surface area contributed by atoms with Crippen molar-refractivity contribution in [1.82, 2.24) is 4.90 Å². The molecule has 0 heterocycles. The molecule has 0 bridgehead atoms. The summed E-state index contributed by atoms with van der Waals surface area (Å²) in [5.41, 5.74) is 0.795. The first kappa shape index (κ1) is 12.5. The first-order valence-corrected chi connectivity index (χ1v) is 5.05. The van der Waals surface area contributed by atoms with E-state index in [0.717, 1.165) is 11.3 Å². The summed E-state index contributed by atoms with van der Waals surface area (Å²) in [5.74, 6) is 0.722. The van der Waals surface area contributed by atoms with Crippen LogP contribution in [0.2, 0.25) is 0 Å². The number of aliphatic hydroxyl groups is 1. The second-order valence-electron chi connectivity index (χ2n) is 3.65. The minimum Gasteiger partial charge on any atom is -0.497 e. The molecule has 0 aliphatic rings. The lowest BCUT2D eigenvalue weighted by atomic mass is 10.1. The SMILES string of the molecule is COc1cccc(C(O)CN(C)CC#N)c1. The van der Waals surface area contributed by atoms with Crippen molar-refractivity contribution < 1.29 is 9.84 Å². The molecule has 1 atom stereocenters. The molecule has 0 saturated heterocycles. The average molecular weight is 220 g/mol. The molecular formula is C12H16N2O2. The third-order valence-corrected chi connectivity index (χ3v) is 2.30. The summed E-state index contributed by atoms with van der Waals surface area (Å²) in [6, 6.07) is 9.34. The summed E-state index contributed by atoms with van der Waals surface area (Å²) >= 11 is 0. The molecule has 1 rings (SSSR count). The summed E-state index contributed by atoms with van der Waals surface area (Å²) in [7, 11) is 3.39. The van der Waals surface area contributed by atoms with Gasteiger partial charge in [0.1, 0.15) is 5.75 Å². The molecule has 4 heteroatoms. The van der Waals surface area contributed by atoms with E-state index >= 15 is 0 Å². The predicted octanol–water partition coefficient (Wildman–Crippen LogP) is 1.18. The van der Waals surface area contributed by atoms with Crippen LogP contribution in [0.5, 0.6) is 5.75 Å². The Labute approximate surface area is 95.7 Å². The summed E-state index contributed by atoms with van der Waals surface area (Å²) in [4.78, 5) is 1.77. The zero-order valence-electron chi connectivity index (χ0n) is 9.55. The highest BCUT2D eigenvalue weighted by Gasteiger charge is 2.10. The zero-order valence-corrected chi connectivity index (χ0v) is 9.55. The van der Waals surface area contributed by atoms with Crippen LogP contribution in [0.15, 0.2) is 24.3 Å². The number of aliphatic hydroxyl groups excluding tert-OH is 1. The van der Waals surface area contributed by atoms with Gasteiger partial charge in [-0.1, -0.05) is 12.1 Å². The highest BCUT2D eigenvalue weighted by Crippen LogP contribution is 2.19. The minimum absolute atomic E-state index is 0.307. The molecule has 1 aromatic carbocycles. The zero-order chi connectivity index (χ0) is 12.0. The molecule has 0 saturated carbocycles. The second-order valence-corrected chi connectivity index (χ2v) is 3.65. The number of likely N-dealkylation sites (N-methyl/N-ethyl adjacent to an activating group) is 1. The van der Waals surface area contributed by atoms with Gasteiger partial charge in [-0.25, -0.2) is 0 Å². The van der Waals surface area contributed by atoms with Gasteiger partial charge >= 0.3 is 0 Å². The van der Waals surface area contributed by atoms with Crippen LogP contribution in [0, 0.1) is 11.3 Å². The maximum Gasteiger partial charge on any atom is 0.119 e. The maximum absolute atomic E-state index is 9.93. The number of nitrogens with zero attached hydrogens (tertiary/aromatic N) is 2. The van der Waals surface area contributed by atoms with Crippen LogP contribution in [0.1, 0.15) is 11.7 Å². The van der Waals surface area contributed by atoms with E-state index in [0.29, 0.717) is 13.1 Å². The molecule has 1 N–H and O–H groups in total. The number of methoxy groups -OCH3 is 1. The van der Waals surface area contributed by atoms with Crippen LogP contribution in [-0.4, -0.2) is 37.3 Å². The largest absolute Gasteiger partial charge is 0.497 e. The molecular weight excluding hydrogens is 204 g/mol. The fourth-order valence-electron chi connectivity index (χ4n) is 1.43. The number of hydrogen-bond donors (Lipinski definition) is 1. The van der Waals surface area contributed by atoms with E-state index in [-0.39, 0.29) is 0 Å². The van der Waals surface area contributed by atoms with Gasteiger partial charge in [-0.05, 0) is 24.7 Å². The van der Waals surface area contributed by atoms with E-state index in [1.807, 2.05) is 24.3 Å². The molecule has 86 valence electrons. The highest BCUT2D eigenvalue weighted by molar-refractivity contribution is 5.29. The first-order chi connectivity index (χ1) is 7.67. The van der Waals surface area contributed by atoms with Crippen molar-refractivity contribution in [2.45, 2.75) is 6.10 Å². The Hall–Kier alpha value is -1.57. The highest BCUT2D eigenvalue weighted by atomic mass is 16.5. The summed E-state index contributed by atoms with van der Waals surface area (Å²) in [5, 5.41) is 18.4. The van der Waals surface area contributed by atoms with Crippen LogP contribution < -0.4 is 4.74 Å². The predicted molar refractivity (Wildman–Crippen MR) is 61.1 cm³/mol. The Balaban J connectivity index is 2.65. The fourth-order valence-corrected chi connectivity index (χ4v) is 1.43. The number of ether oxygens (including phenoxy) is 1. The molecule has 0 radical (unpaired) electrons. The first-order valence-electron chi connectivity index (χ1n) is 5.05. The summed E-state index contributed by atoms with van der Waals surface area (Å²) in [6.07, 6.45) is -0.603. The molecule has 0 aliphatic carbocycles. The van der Waals surface area contributed by atoms with Crippen molar-refractivity contribution in [1.29, 1.82) is 5.26 Å². The van der Waals surface area contributed by atoms with Crippen molar-refractivity contribution in [3.63, 3.8) is 0 Å². The quantitative estimate of drug-likeness (QED) is 0.757. The van der Waals surface area contributed by atoms with Gasteiger partial charge in [-0.3, -0.25) is 4.90 Å². The van der Waals surface area contributed by atoms with Gasteiger partial charge in [-0.15, -0.1) is 0 Å². The Morgan fingerprint density at radius 2 is 2.31 bits per heavy atom. The normalized spacial score (nSPS) is 12.2. The van der Waals surface area contributed by atoms with Gasteiger partial charge in [0.05, 0.1) is 25.8 Å². The number of hydrogen-bond acceptors (Lipinski definition) is 4. The van der Waals surface area contributed by atoms with Gasteiger partial charge < -0.3 is 9.84 Å². The Bertz CT molecular complexity index is 374. The van der Waals surface area contributed by atoms with E-state index < -0.39 is 6.10 Å². The molecule has 0 spiro atoms. The van der Waals surface area contributed by atoms with E-state index in [1.165, 1.54) is 0 Å². The van der Waals surface area contributed by atoms with Gasteiger partial charge in [0, 0.05) is 6.54 Å². The van der Waals surface area contributed by atoms with Crippen LogP contribution in [0.4, 0.5) is 0 Å². The lowest BCUT2D eigenvalue weighted by Gasteiger charge is -2.18. The number of benzene rings is 1. The van der Waals surface area contributed by atoms with E-state index in [4.69, 9.17) is 10.00 Å². The Kier molecular flexibility index (Phi) is 4.77. The molecule has 0 aromatic heterocycles. The molecule has 4 nitrogen and oxygen atoms in total. The van der Waals surface area contributed by atoms with Crippen LogP contribution in [0.3, 0.4) is 0 Å². The number of rotatable bonds is 5. The van der Waals surface area contributed by atoms with E-state index in [1.54, 1.807) is 25.1 Å². The topological polar surface area (TPSA) is 56.5 Å². The third-order valence-electron chi connectivity index (χ3n) is 2.30. The smallest absolute Gasteiger partial charge is 0.119 e. The van der Waals surface area contributed by atoms with Crippen molar-refractivity contribution in [3.8, 4) is 11.8 Å². The standard InChI is InChI=1S/C12H16N2O2/c1-14(7-6-13)9-12(15)10-4-3-5-11(8-10)16-2/h3-5,8,12,15H,7,9H2,1-2H3. The van der Waals surface area contributed by atoms with Gasteiger partial charge in [0.15, 0.2) is 0 Å². The molecule has 0 amide bonds. The lowest BCUT2D eigenvalue weighted by Crippen LogP contribution is -2.24. The molecule has 1 aromatic rings. The average Bonchev–Trinajstić information content (AvgIpc) is 2.29. The van der Waals surface area contributed by atoms with E-state index in [9.17, 15) is 5.11 Å². The van der Waals surface area contributed by atoms with Crippen molar-refractivity contribution in [3.05, 3.63) is 29.8 Å². The number of nitriles is 1. The minimum atomic E-state index is -0.603. The maximum atomic E-state index is 9.93. The fraction of sp³-hybridized carbons (Fsp3) is 0.417. The van der Waals surface area contributed by atoms with Crippen LogP contribution in [0.25, 0.3) is 0 Å². The third kappa shape index (κ3) is 3.54. The van der Waals surface area contributed by atoms with Gasteiger partial charge in [0.25, 0.3) is 0 Å². The molecule has 0 aliphatic heterocycles. The van der Waals surface area contributed by atoms with E-state index in [2.05, 4.69) is 0 Å². The monoisotopic (exact) mass is 220 g/mol. The van der Waals surface area contributed by atoms with Gasteiger partial charge in [-0.2, -0.15) is 5.26 Å². The van der Waals surface area contributed by atoms with Crippen molar-refractivity contribution in [2.24, 2.45) is 0 Å². The molecule has 1 unspecified atom stereocenters.